The Hall–Kier alpha value is -2.12. The van der Waals surface area contributed by atoms with Gasteiger partial charge in [0.15, 0.2) is 6.61 Å². The zero-order chi connectivity index (χ0) is 19.2. The summed E-state index contributed by atoms with van der Waals surface area (Å²) < 4.78 is 6.27. The van der Waals surface area contributed by atoms with Gasteiger partial charge in [-0.2, -0.15) is 0 Å². The van der Waals surface area contributed by atoms with Crippen LogP contribution in [0.2, 0.25) is 0 Å². The first-order valence-electron chi connectivity index (χ1n) is 7.99. The van der Waals surface area contributed by atoms with Crippen molar-refractivity contribution in [3.63, 3.8) is 0 Å². The number of amides is 2. The van der Waals surface area contributed by atoms with Crippen LogP contribution in [0.5, 0.6) is 5.75 Å². The summed E-state index contributed by atoms with van der Waals surface area (Å²) in [5, 5.41) is 1.92. The second-order valence-electron chi connectivity index (χ2n) is 6.57. The van der Waals surface area contributed by atoms with Gasteiger partial charge < -0.3 is 4.74 Å². The first kappa shape index (κ1) is 20.2. The van der Waals surface area contributed by atoms with Crippen molar-refractivity contribution in [2.24, 2.45) is 0 Å². The van der Waals surface area contributed by atoms with Crippen molar-refractivity contribution in [1.82, 2.24) is 10.9 Å². The first-order valence-corrected chi connectivity index (χ1v) is 9.66. The molecule has 26 heavy (non-hydrogen) atoms. The lowest BCUT2D eigenvalue weighted by atomic mass is 9.87. The lowest BCUT2D eigenvalue weighted by molar-refractivity contribution is -0.128. The van der Waals surface area contributed by atoms with Crippen molar-refractivity contribution >= 4 is 45.2 Å². The number of halogens is 1. The normalized spacial score (nSPS) is 11.4. The molecule has 2 rings (SSSR count). The number of carbonyl (C=O) groups excluding carboxylic acids is 2. The molecule has 0 radical (unpaired) electrons. The third-order valence-electron chi connectivity index (χ3n) is 3.42. The summed E-state index contributed by atoms with van der Waals surface area (Å²) in [6.07, 6.45) is 3.03. The maximum atomic E-state index is 11.8. The van der Waals surface area contributed by atoms with Crippen molar-refractivity contribution in [3.8, 4) is 5.75 Å². The van der Waals surface area contributed by atoms with E-state index in [-0.39, 0.29) is 12.0 Å². The molecule has 0 unspecified atom stereocenters. The number of carbonyl (C=O) groups is 2. The lowest BCUT2D eigenvalue weighted by Crippen LogP contribution is -2.43. The number of hydrogen-bond acceptors (Lipinski definition) is 4. The van der Waals surface area contributed by atoms with Crippen LogP contribution < -0.4 is 15.6 Å². The third kappa shape index (κ3) is 6.31. The van der Waals surface area contributed by atoms with E-state index in [9.17, 15) is 9.59 Å². The fourth-order valence-electron chi connectivity index (χ4n) is 1.98. The van der Waals surface area contributed by atoms with E-state index >= 15 is 0 Å². The predicted octanol–water partition coefficient (Wildman–Crippen LogP) is 4.05. The van der Waals surface area contributed by atoms with E-state index in [4.69, 9.17) is 4.74 Å². The van der Waals surface area contributed by atoms with Crippen LogP contribution in [0, 0.1) is 0 Å². The van der Waals surface area contributed by atoms with Gasteiger partial charge >= 0.3 is 0 Å². The van der Waals surface area contributed by atoms with E-state index in [1.54, 1.807) is 6.08 Å². The highest BCUT2D eigenvalue weighted by Crippen LogP contribution is 2.31. The average molecular weight is 437 g/mol. The number of thiophene rings is 1. The van der Waals surface area contributed by atoms with Crippen LogP contribution >= 0.6 is 27.3 Å². The minimum atomic E-state index is -0.449. The Morgan fingerprint density at radius 1 is 1.23 bits per heavy atom. The van der Waals surface area contributed by atoms with Gasteiger partial charge in [-0.05, 0) is 56.6 Å². The third-order valence-corrected chi connectivity index (χ3v) is 4.88. The molecular formula is C19H21BrN2O3S. The molecule has 138 valence electrons. The zero-order valence-electron chi connectivity index (χ0n) is 14.8. The Morgan fingerprint density at radius 2 is 2.00 bits per heavy atom. The molecule has 0 atom stereocenters. The second kappa shape index (κ2) is 9.00. The molecule has 0 saturated heterocycles. The van der Waals surface area contributed by atoms with Gasteiger partial charge in [0.25, 0.3) is 11.8 Å². The molecule has 0 aliphatic rings. The van der Waals surface area contributed by atoms with Gasteiger partial charge in [-0.3, -0.25) is 20.4 Å². The van der Waals surface area contributed by atoms with Crippen LogP contribution in [0.1, 0.15) is 31.2 Å². The number of benzene rings is 1. The largest absolute Gasteiger partial charge is 0.483 e. The Bertz CT molecular complexity index is 796. The zero-order valence-corrected chi connectivity index (χ0v) is 17.2. The highest BCUT2D eigenvalue weighted by atomic mass is 79.9. The molecule has 5 nitrogen and oxygen atoms in total. The van der Waals surface area contributed by atoms with Crippen LogP contribution in [0.3, 0.4) is 0 Å². The summed E-state index contributed by atoms with van der Waals surface area (Å²) >= 11 is 4.98. The number of hydrazine groups is 1. The van der Waals surface area contributed by atoms with E-state index in [1.165, 1.54) is 17.4 Å². The predicted molar refractivity (Wildman–Crippen MR) is 108 cm³/mol. The lowest BCUT2D eigenvalue weighted by Gasteiger charge is -2.20. The highest BCUT2D eigenvalue weighted by Gasteiger charge is 2.15. The van der Waals surface area contributed by atoms with Gasteiger partial charge in [-0.25, -0.2) is 0 Å². The minimum Gasteiger partial charge on any atom is -0.483 e. The number of nitrogens with one attached hydrogen (secondary N) is 2. The van der Waals surface area contributed by atoms with Gasteiger partial charge in [0, 0.05) is 11.0 Å². The van der Waals surface area contributed by atoms with Gasteiger partial charge in [0.1, 0.15) is 5.75 Å². The Morgan fingerprint density at radius 3 is 2.62 bits per heavy atom. The van der Waals surface area contributed by atoms with Crippen molar-refractivity contribution < 1.29 is 14.3 Å². The van der Waals surface area contributed by atoms with Crippen LogP contribution in [0.25, 0.3) is 6.08 Å². The molecule has 0 saturated carbocycles. The summed E-state index contributed by atoms with van der Waals surface area (Å²) in [5.41, 5.74) is 5.81. The molecule has 1 heterocycles. The molecular weight excluding hydrogens is 416 g/mol. The van der Waals surface area contributed by atoms with Crippen LogP contribution in [0.4, 0.5) is 0 Å². The molecule has 1 aromatic carbocycles. The molecule has 0 aliphatic carbocycles. The standard InChI is InChI=1S/C19H21BrN2O3S/c1-19(2,3)13-6-8-16(15(20)11-13)25-12-18(24)22-21-17(23)9-7-14-5-4-10-26-14/h4-11H,12H2,1-3H3,(H,21,23)(H,22,24)/b9-7+. The smallest absolute Gasteiger partial charge is 0.276 e. The average Bonchev–Trinajstić information content (AvgIpc) is 3.09. The van der Waals surface area contributed by atoms with Gasteiger partial charge in [0.2, 0.25) is 0 Å². The second-order valence-corrected chi connectivity index (χ2v) is 8.40. The Kier molecular flexibility index (Phi) is 6.99. The molecule has 0 bridgehead atoms. The summed E-state index contributed by atoms with van der Waals surface area (Å²) in [6.45, 7) is 6.16. The quantitative estimate of drug-likeness (QED) is 0.548. The summed E-state index contributed by atoms with van der Waals surface area (Å²) in [4.78, 5) is 24.4. The molecule has 0 fully saturated rings. The summed E-state index contributed by atoms with van der Waals surface area (Å²) in [7, 11) is 0. The Balaban J connectivity index is 1.79. The van der Waals surface area contributed by atoms with E-state index in [1.807, 2.05) is 35.7 Å². The van der Waals surface area contributed by atoms with Crippen molar-refractivity contribution in [2.75, 3.05) is 6.61 Å². The topological polar surface area (TPSA) is 67.4 Å². The fraction of sp³-hybridized carbons (Fsp3) is 0.263. The van der Waals surface area contributed by atoms with Crippen molar-refractivity contribution in [2.45, 2.75) is 26.2 Å². The van der Waals surface area contributed by atoms with E-state index in [0.29, 0.717) is 5.75 Å². The number of hydrogen-bond donors (Lipinski definition) is 2. The van der Waals surface area contributed by atoms with Gasteiger partial charge in [0.05, 0.1) is 4.47 Å². The molecule has 1 aromatic heterocycles. The summed E-state index contributed by atoms with van der Waals surface area (Å²) in [5.74, 6) is -0.297. The molecule has 0 aliphatic heterocycles. The molecule has 2 amide bonds. The number of rotatable bonds is 5. The van der Waals surface area contributed by atoms with E-state index in [0.717, 1.165) is 14.9 Å². The Labute approximate surface area is 165 Å². The molecule has 2 aromatic rings. The van der Waals surface area contributed by atoms with E-state index in [2.05, 4.69) is 47.6 Å². The van der Waals surface area contributed by atoms with Gasteiger partial charge in [-0.1, -0.05) is 32.9 Å². The van der Waals surface area contributed by atoms with Crippen molar-refractivity contribution in [1.29, 1.82) is 0 Å². The van der Waals surface area contributed by atoms with E-state index < -0.39 is 11.8 Å². The monoisotopic (exact) mass is 436 g/mol. The summed E-state index contributed by atoms with van der Waals surface area (Å²) in [6, 6.07) is 9.55. The fourth-order valence-corrected chi connectivity index (χ4v) is 3.09. The minimum absolute atomic E-state index is 0.0271. The molecule has 7 heteroatoms. The van der Waals surface area contributed by atoms with Crippen LogP contribution in [0.15, 0.2) is 46.3 Å². The van der Waals surface area contributed by atoms with Crippen molar-refractivity contribution in [3.05, 3.63) is 56.7 Å². The SMILES string of the molecule is CC(C)(C)c1ccc(OCC(=O)NNC(=O)/C=C/c2cccs2)c(Br)c1. The molecule has 0 spiro atoms. The maximum Gasteiger partial charge on any atom is 0.276 e. The van der Waals surface area contributed by atoms with Crippen LogP contribution in [-0.2, 0) is 15.0 Å². The molecule has 2 N–H and O–H groups in total. The highest BCUT2D eigenvalue weighted by molar-refractivity contribution is 9.10. The first-order chi connectivity index (χ1) is 12.3. The maximum absolute atomic E-state index is 11.8. The van der Waals surface area contributed by atoms with Crippen LogP contribution in [-0.4, -0.2) is 18.4 Å². The number of ether oxygens (including phenoxy) is 1. The van der Waals surface area contributed by atoms with Gasteiger partial charge in [-0.15, -0.1) is 11.3 Å².